The van der Waals surface area contributed by atoms with Crippen LogP contribution in [-0.2, 0) is 0 Å². The van der Waals surface area contributed by atoms with Crippen LogP contribution in [0.3, 0.4) is 0 Å². The average molecular weight is 235 g/mol. The van der Waals surface area contributed by atoms with Crippen LogP contribution >= 0.6 is 11.3 Å². The van der Waals surface area contributed by atoms with Crippen molar-refractivity contribution in [1.29, 1.82) is 0 Å². The zero-order chi connectivity index (χ0) is 11.5. The lowest BCUT2D eigenvalue weighted by Crippen LogP contribution is -2.21. The Morgan fingerprint density at radius 3 is 2.62 bits per heavy atom. The van der Waals surface area contributed by atoms with Crippen molar-refractivity contribution >= 4 is 11.3 Å². The van der Waals surface area contributed by atoms with E-state index in [0.29, 0.717) is 0 Å². The van der Waals surface area contributed by atoms with E-state index in [9.17, 15) is 0 Å². The van der Waals surface area contributed by atoms with Gasteiger partial charge in [-0.1, -0.05) is 6.92 Å². The quantitative estimate of drug-likeness (QED) is 0.875. The Labute approximate surface area is 100 Å². The molecule has 0 aliphatic heterocycles. The lowest BCUT2D eigenvalue weighted by Gasteiger charge is -2.15. The molecule has 2 aromatic heterocycles. The van der Waals surface area contributed by atoms with Crippen LogP contribution in [0.25, 0.3) is 0 Å². The number of thiophene rings is 1. The first-order chi connectivity index (χ1) is 7.72. The standard InChI is InChI=1S/C13H17NOS/c1-4-14-13(11-7-8-16-10(11)3)12-6-5-9(2)15-12/h5-8,13-14H,4H2,1-3H3. The third-order valence-electron chi connectivity index (χ3n) is 2.66. The number of hydrogen-bond acceptors (Lipinski definition) is 3. The molecule has 1 unspecified atom stereocenters. The van der Waals surface area contributed by atoms with Gasteiger partial charge >= 0.3 is 0 Å². The Morgan fingerprint density at radius 2 is 2.12 bits per heavy atom. The monoisotopic (exact) mass is 235 g/mol. The summed E-state index contributed by atoms with van der Waals surface area (Å²) in [5, 5.41) is 5.60. The number of hydrogen-bond donors (Lipinski definition) is 1. The minimum Gasteiger partial charge on any atom is -0.464 e. The molecule has 2 heterocycles. The lowest BCUT2D eigenvalue weighted by atomic mass is 10.1. The number of rotatable bonds is 4. The molecule has 2 rings (SSSR count). The lowest BCUT2D eigenvalue weighted by molar-refractivity contribution is 0.435. The number of furan rings is 1. The second-order valence-corrected chi connectivity index (χ2v) is 4.99. The van der Waals surface area contributed by atoms with Crippen LogP contribution in [0.15, 0.2) is 28.0 Å². The van der Waals surface area contributed by atoms with Crippen molar-refractivity contribution in [3.8, 4) is 0 Å². The number of aryl methyl sites for hydroxylation is 2. The Hall–Kier alpha value is -1.06. The van der Waals surface area contributed by atoms with Gasteiger partial charge in [-0.25, -0.2) is 0 Å². The molecule has 0 amide bonds. The van der Waals surface area contributed by atoms with Gasteiger partial charge < -0.3 is 9.73 Å². The Bertz CT molecular complexity index is 458. The molecule has 0 fully saturated rings. The van der Waals surface area contributed by atoms with Crippen LogP contribution in [0, 0.1) is 13.8 Å². The summed E-state index contributed by atoms with van der Waals surface area (Å²) < 4.78 is 5.72. The van der Waals surface area contributed by atoms with Crippen molar-refractivity contribution in [1.82, 2.24) is 5.32 Å². The fraction of sp³-hybridized carbons (Fsp3) is 0.385. The average Bonchev–Trinajstić information content (AvgIpc) is 2.84. The van der Waals surface area contributed by atoms with Gasteiger partial charge in [0.05, 0.1) is 6.04 Å². The van der Waals surface area contributed by atoms with Crippen LogP contribution in [0.5, 0.6) is 0 Å². The van der Waals surface area contributed by atoms with Gasteiger partial charge in [0, 0.05) is 4.88 Å². The molecule has 0 radical (unpaired) electrons. The smallest absolute Gasteiger partial charge is 0.125 e. The van der Waals surface area contributed by atoms with Crippen molar-refractivity contribution in [2.75, 3.05) is 6.54 Å². The van der Waals surface area contributed by atoms with E-state index < -0.39 is 0 Å². The molecule has 1 N–H and O–H groups in total. The molecule has 2 aromatic rings. The first-order valence-corrected chi connectivity index (χ1v) is 6.44. The van der Waals surface area contributed by atoms with Gasteiger partial charge in [-0.15, -0.1) is 11.3 Å². The van der Waals surface area contributed by atoms with E-state index in [1.807, 2.05) is 13.0 Å². The molecule has 0 aliphatic rings. The van der Waals surface area contributed by atoms with Crippen molar-refractivity contribution < 1.29 is 4.42 Å². The number of nitrogens with one attached hydrogen (secondary N) is 1. The summed E-state index contributed by atoms with van der Waals surface area (Å²) in [4.78, 5) is 1.35. The van der Waals surface area contributed by atoms with E-state index in [1.54, 1.807) is 11.3 Å². The Kier molecular flexibility index (Phi) is 3.46. The van der Waals surface area contributed by atoms with Crippen LogP contribution in [0.2, 0.25) is 0 Å². The van der Waals surface area contributed by atoms with E-state index in [1.165, 1.54) is 10.4 Å². The molecule has 0 bridgehead atoms. The molecule has 0 saturated heterocycles. The van der Waals surface area contributed by atoms with Crippen molar-refractivity contribution in [3.63, 3.8) is 0 Å². The SMILES string of the molecule is CCNC(c1ccc(C)o1)c1ccsc1C. The van der Waals surface area contributed by atoms with E-state index >= 15 is 0 Å². The maximum absolute atomic E-state index is 5.72. The highest BCUT2D eigenvalue weighted by molar-refractivity contribution is 7.10. The van der Waals surface area contributed by atoms with E-state index in [-0.39, 0.29) is 6.04 Å². The Balaban J connectivity index is 2.34. The summed E-state index contributed by atoms with van der Waals surface area (Å²) in [6, 6.07) is 6.43. The molecule has 1 atom stereocenters. The van der Waals surface area contributed by atoms with E-state index in [4.69, 9.17) is 4.42 Å². The maximum Gasteiger partial charge on any atom is 0.125 e. The first kappa shape index (κ1) is 11.4. The summed E-state index contributed by atoms with van der Waals surface area (Å²) in [5.74, 6) is 1.96. The normalized spacial score (nSPS) is 12.9. The zero-order valence-electron chi connectivity index (χ0n) is 9.91. The van der Waals surface area contributed by atoms with Gasteiger partial charge in [0.2, 0.25) is 0 Å². The third-order valence-corrected chi connectivity index (χ3v) is 3.53. The van der Waals surface area contributed by atoms with Crippen LogP contribution in [-0.4, -0.2) is 6.54 Å². The summed E-state index contributed by atoms with van der Waals surface area (Å²) in [6.45, 7) is 7.18. The molecule has 86 valence electrons. The summed E-state index contributed by atoms with van der Waals surface area (Å²) in [7, 11) is 0. The molecule has 0 aromatic carbocycles. The van der Waals surface area contributed by atoms with Crippen molar-refractivity contribution in [2.24, 2.45) is 0 Å². The van der Waals surface area contributed by atoms with Crippen molar-refractivity contribution in [3.05, 3.63) is 45.5 Å². The van der Waals surface area contributed by atoms with Crippen molar-refractivity contribution in [2.45, 2.75) is 26.8 Å². The highest BCUT2D eigenvalue weighted by Crippen LogP contribution is 2.29. The van der Waals surface area contributed by atoms with Gasteiger partial charge in [0.25, 0.3) is 0 Å². The molecule has 0 aliphatic carbocycles. The highest BCUT2D eigenvalue weighted by Gasteiger charge is 2.18. The summed E-state index contributed by atoms with van der Waals surface area (Å²) >= 11 is 1.78. The highest BCUT2D eigenvalue weighted by atomic mass is 32.1. The fourth-order valence-electron chi connectivity index (χ4n) is 1.87. The van der Waals surface area contributed by atoms with Gasteiger partial charge in [-0.05, 0) is 49.5 Å². The topological polar surface area (TPSA) is 25.2 Å². The van der Waals surface area contributed by atoms with Gasteiger partial charge in [0.1, 0.15) is 11.5 Å². The molecular weight excluding hydrogens is 218 g/mol. The molecule has 0 saturated carbocycles. The van der Waals surface area contributed by atoms with E-state index in [2.05, 4.69) is 36.7 Å². The fourth-order valence-corrected chi connectivity index (χ4v) is 2.61. The molecule has 3 heteroatoms. The summed E-state index contributed by atoms with van der Waals surface area (Å²) in [5.41, 5.74) is 1.32. The van der Waals surface area contributed by atoms with Crippen LogP contribution in [0.4, 0.5) is 0 Å². The predicted octanol–water partition coefficient (Wildman–Crippen LogP) is 3.66. The third kappa shape index (κ3) is 2.20. The molecular formula is C13H17NOS. The van der Waals surface area contributed by atoms with Crippen LogP contribution < -0.4 is 5.32 Å². The van der Waals surface area contributed by atoms with E-state index in [0.717, 1.165) is 18.1 Å². The molecule has 0 spiro atoms. The Morgan fingerprint density at radius 1 is 1.31 bits per heavy atom. The molecule has 16 heavy (non-hydrogen) atoms. The second kappa shape index (κ2) is 4.85. The molecule has 2 nitrogen and oxygen atoms in total. The summed E-state index contributed by atoms with van der Waals surface area (Å²) in [6.07, 6.45) is 0. The predicted molar refractivity (Wildman–Crippen MR) is 68.0 cm³/mol. The minimum absolute atomic E-state index is 0.185. The second-order valence-electron chi connectivity index (χ2n) is 3.87. The largest absolute Gasteiger partial charge is 0.464 e. The minimum atomic E-state index is 0.185. The van der Waals surface area contributed by atoms with Gasteiger partial charge in [-0.3, -0.25) is 0 Å². The first-order valence-electron chi connectivity index (χ1n) is 5.56. The zero-order valence-corrected chi connectivity index (χ0v) is 10.7. The maximum atomic E-state index is 5.72. The van der Waals surface area contributed by atoms with Gasteiger partial charge in [-0.2, -0.15) is 0 Å². The van der Waals surface area contributed by atoms with Crippen LogP contribution in [0.1, 0.15) is 34.9 Å². The van der Waals surface area contributed by atoms with Gasteiger partial charge in [0.15, 0.2) is 0 Å².